The first-order valence-electron chi connectivity index (χ1n) is 10.5. The molecule has 146 valence electrons. The average molecular weight is 361 g/mol. The molecule has 1 saturated heterocycles. The van der Waals surface area contributed by atoms with E-state index in [1.54, 1.807) is 6.20 Å². The lowest BCUT2D eigenvalue weighted by Crippen LogP contribution is -2.33. The summed E-state index contributed by atoms with van der Waals surface area (Å²) in [6.45, 7) is 5.35. The molecule has 2 rings (SSSR count). The molecule has 1 aliphatic rings. The molecule has 0 aliphatic carbocycles. The average Bonchev–Trinajstić information content (AvgIpc) is 3.15. The van der Waals surface area contributed by atoms with E-state index >= 15 is 0 Å². The van der Waals surface area contributed by atoms with Gasteiger partial charge in [-0.2, -0.15) is 0 Å². The maximum absolute atomic E-state index is 12.6. The smallest absolute Gasteiger partial charge is 0.225 e. The van der Waals surface area contributed by atoms with Crippen molar-refractivity contribution < 1.29 is 9.90 Å². The van der Waals surface area contributed by atoms with Gasteiger partial charge in [-0.15, -0.1) is 0 Å². The van der Waals surface area contributed by atoms with Crippen LogP contribution in [0.2, 0.25) is 0 Å². The molecule has 1 aliphatic heterocycles. The highest BCUT2D eigenvalue weighted by Crippen LogP contribution is 2.32. The molecule has 4 heteroatoms. The first-order chi connectivity index (χ1) is 12.6. The molecule has 1 N–H and O–H groups in total. The van der Waals surface area contributed by atoms with E-state index in [4.69, 9.17) is 0 Å². The van der Waals surface area contributed by atoms with Crippen molar-refractivity contribution in [1.82, 2.24) is 9.88 Å². The van der Waals surface area contributed by atoms with E-state index < -0.39 is 6.10 Å². The van der Waals surface area contributed by atoms with Gasteiger partial charge in [0.1, 0.15) is 0 Å². The molecule has 1 amide bonds. The maximum Gasteiger partial charge on any atom is 0.225 e. The topological polar surface area (TPSA) is 53.4 Å². The minimum Gasteiger partial charge on any atom is -0.393 e. The molecule has 0 spiro atoms. The number of nitrogens with zero attached hydrogens (tertiary/aromatic N) is 2. The number of pyridine rings is 1. The quantitative estimate of drug-likeness (QED) is 0.572. The van der Waals surface area contributed by atoms with Crippen LogP contribution >= 0.6 is 0 Å². The Morgan fingerprint density at radius 2 is 2.08 bits per heavy atom. The largest absolute Gasteiger partial charge is 0.393 e. The molecule has 0 radical (unpaired) electrons. The Labute approximate surface area is 159 Å². The first-order valence-corrected chi connectivity index (χ1v) is 10.5. The third-order valence-corrected chi connectivity index (χ3v) is 5.73. The number of aliphatic hydroxyl groups excluding tert-OH is 1. The standard InChI is InChI=1S/C22H36N2O2/c1-3-18(2)10-6-4-5-7-12-20(25)16-22(26)24-15-9-13-21(24)19-11-8-14-23-17-19/h8,11,14,17-18,20-21,25H,3-7,9-10,12-13,15-16H2,1-2H3/t18-,20-,21-/m0/s1. The number of hydrogen-bond donors (Lipinski definition) is 1. The number of hydrogen-bond acceptors (Lipinski definition) is 3. The molecule has 1 aromatic heterocycles. The SMILES string of the molecule is CC[C@H](C)CCCCCC[C@H](O)CC(=O)N1CCC[C@H]1c1cccnc1. The van der Waals surface area contributed by atoms with E-state index in [1.165, 1.54) is 25.7 Å². The Kier molecular flexibility index (Phi) is 9.10. The highest BCUT2D eigenvalue weighted by atomic mass is 16.3. The highest BCUT2D eigenvalue weighted by molar-refractivity contribution is 5.77. The van der Waals surface area contributed by atoms with Crippen LogP contribution in [0.5, 0.6) is 0 Å². The van der Waals surface area contributed by atoms with Gasteiger partial charge in [0.2, 0.25) is 5.91 Å². The Bertz CT molecular complexity index is 520. The van der Waals surface area contributed by atoms with Crippen LogP contribution in [0.1, 0.15) is 89.7 Å². The van der Waals surface area contributed by atoms with Crippen LogP contribution in [0.3, 0.4) is 0 Å². The van der Waals surface area contributed by atoms with E-state index in [9.17, 15) is 9.90 Å². The maximum atomic E-state index is 12.6. The van der Waals surface area contributed by atoms with Crippen LogP contribution in [0.4, 0.5) is 0 Å². The number of rotatable bonds is 11. The van der Waals surface area contributed by atoms with E-state index in [0.29, 0.717) is 0 Å². The van der Waals surface area contributed by atoms with Crippen LogP contribution in [0, 0.1) is 5.92 Å². The number of aliphatic hydroxyl groups is 1. The summed E-state index contributed by atoms with van der Waals surface area (Å²) in [4.78, 5) is 18.7. The summed E-state index contributed by atoms with van der Waals surface area (Å²) in [5.74, 6) is 0.909. The molecular weight excluding hydrogens is 324 g/mol. The number of aromatic nitrogens is 1. The Balaban J connectivity index is 1.66. The lowest BCUT2D eigenvalue weighted by Gasteiger charge is -2.26. The van der Waals surface area contributed by atoms with Crippen molar-refractivity contribution >= 4 is 5.91 Å². The number of amides is 1. The van der Waals surface area contributed by atoms with Crippen LogP contribution in [-0.2, 0) is 4.79 Å². The normalized spacial score (nSPS) is 19.5. The molecule has 1 aromatic rings. The zero-order valence-corrected chi connectivity index (χ0v) is 16.6. The van der Waals surface area contributed by atoms with Crippen LogP contribution in [-0.4, -0.2) is 33.5 Å². The van der Waals surface area contributed by atoms with Gasteiger partial charge in [0.25, 0.3) is 0 Å². The predicted octanol–water partition coefficient (Wildman–Crippen LogP) is 4.88. The van der Waals surface area contributed by atoms with Crippen LogP contribution in [0.15, 0.2) is 24.5 Å². The molecular formula is C22H36N2O2. The number of unbranched alkanes of at least 4 members (excludes halogenated alkanes) is 3. The molecule has 3 atom stereocenters. The Morgan fingerprint density at radius 1 is 1.31 bits per heavy atom. The fourth-order valence-corrected chi connectivity index (χ4v) is 3.84. The van der Waals surface area contributed by atoms with E-state index in [1.807, 2.05) is 23.2 Å². The van der Waals surface area contributed by atoms with Crippen molar-refractivity contribution in [3.8, 4) is 0 Å². The summed E-state index contributed by atoms with van der Waals surface area (Å²) >= 11 is 0. The third kappa shape index (κ3) is 6.71. The van der Waals surface area contributed by atoms with Crippen molar-refractivity contribution in [2.75, 3.05) is 6.54 Å². The molecule has 0 aromatic carbocycles. The summed E-state index contributed by atoms with van der Waals surface area (Å²) in [7, 11) is 0. The van der Waals surface area contributed by atoms with Gasteiger partial charge in [-0.05, 0) is 36.8 Å². The molecule has 1 fully saturated rings. The van der Waals surface area contributed by atoms with Crippen LogP contribution < -0.4 is 0 Å². The number of carbonyl (C=O) groups is 1. The highest BCUT2D eigenvalue weighted by Gasteiger charge is 2.30. The van der Waals surface area contributed by atoms with Gasteiger partial charge >= 0.3 is 0 Å². The summed E-state index contributed by atoms with van der Waals surface area (Å²) in [5, 5.41) is 10.3. The second kappa shape index (κ2) is 11.3. The zero-order chi connectivity index (χ0) is 18.8. The van der Waals surface area contributed by atoms with E-state index in [-0.39, 0.29) is 18.4 Å². The van der Waals surface area contributed by atoms with Crippen molar-refractivity contribution in [3.05, 3.63) is 30.1 Å². The van der Waals surface area contributed by atoms with Gasteiger partial charge in [-0.3, -0.25) is 9.78 Å². The van der Waals surface area contributed by atoms with Gasteiger partial charge in [0.15, 0.2) is 0 Å². The van der Waals surface area contributed by atoms with Gasteiger partial charge in [-0.25, -0.2) is 0 Å². The predicted molar refractivity (Wildman–Crippen MR) is 106 cm³/mol. The molecule has 26 heavy (non-hydrogen) atoms. The number of likely N-dealkylation sites (tertiary alicyclic amines) is 1. The summed E-state index contributed by atoms with van der Waals surface area (Å²) in [6.07, 6.45) is 13.4. The van der Waals surface area contributed by atoms with E-state index in [0.717, 1.165) is 50.1 Å². The molecule has 0 bridgehead atoms. The van der Waals surface area contributed by atoms with E-state index in [2.05, 4.69) is 18.8 Å². The first kappa shape index (κ1) is 20.9. The van der Waals surface area contributed by atoms with Gasteiger partial charge in [0, 0.05) is 18.9 Å². The van der Waals surface area contributed by atoms with Crippen molar-refractivity contribution in [2.45, 2.75) is 90.2 Å². The Hall–Kier alpha value is -1.42. The second-order valence-electron chi connectivity index (χ2n) is 7.89. The lowest BCUT2D eigenvalue weighted by atomic mass is 9.99. The minimum absolute atomic E-state index is 0.0839. The van der Waals surface area contributed by atoms with Crippen molar-refractivity contribution in [3.63, 3.8) is 0 Å². The van der Waals surface area contributed by atoms with Crippen molar-refractivity contribution in [2.24, 2.45) is 5.92 Å². The fourth-order valence-electron chi connectivity index (χ4n) is 3.84. The van der Waals surface area contributed by atoms with Gasteiger partial charge in [0.05, 0.1) is 18.6 Å². The molecule has 0 saturated carbocycles. The summed E-state index contributed by atoms with van der Waals surface area (Å²) in [6, 6.07) is 4.09. The van der Waals surface area contributed by atoms with Crippen molar-refractivity contribution in [1.29, 1.82) is 0 Å². The molecule has 0 unspecified atom stereocenters. The monoisotopic (exact) mass is 360 g/mol. The van der Waals surface area contributed by atoms with Crippen LogP contribution in [0.25, 0.3) is 0 Å². The van der Waals surface area contributed by atoms with Gasteiger partial charge < -0.3 is 10.0 Å². The number of carbonyl (C=O) groups excluding carboxylic acids is 1. The summed E-state index contributed by atoms with van der Waals surface area (Å²) < 4.78 is 0. The second-order valence-corrected chi connectivity index (χ2v) is 7.89. The molecule has 2 heterocycles. The zero-order valence-electron chi connectivity index (χ0n) is 16.6. The fraction of sp³-hybridized carbons (Fsp3) is 0.727. The Morgan fingerprint density at radius 3 is 2.77 bits per heavy atom. The lowest BCUT2D eigenvalue weighted by molar-refractivity contribution is -0.134. The minimum atomic E-state index is -0.507. The van der Waals surface area contributed by atoms with Gasteiger partial charge in [-0.1, -0.05) is 58.4 Å². The summed E-state index contributed by atoms with van der Waals surface area (Å²) in [5.41, 5.74) is 1.11. The third-order valence-electron chi connectivity index (χ3n) is 5.73. The molecule has 4 nitrogen and oxygen atoms in total.